The SMILES string of the molecule is C.CC(O)CC1NC=CN1.CCOP(=S)(OC1=CC(C)OC1CC)OC(C)Cc1ncc[nH]1.CCOP(OC1=CCOC1CC)OC(C)Cc1ncc[nH]1.CCOP1OC(C)Cc2nccn21.ClCCl. The zero-order valence-electron chi connectivity index (χ0n) is 41.5. The Hall–Kier alpha value is -2.22. The third-order valence-electron chi connectivity index (χ3n) is 9.41. The summed E-state index contributed by atoms with van der Waals surface area (Å²) in [5.41, 5.74) is 0. The molecule has 25 heteroatoms. The average Bonchev–Trinajstić information content (AvgIpc) is 4.16. The van der Waals surface area contributed by atoms with Crippen molar-refractivity contribution >= 4 is 58.9 Å². The van der Waals surface area contributed by atoms with Crippen molar-refractivity contribution < 1.29 is 50.8 Å². The Morgan fingerprint density at radius 1 is 0.914 bits per heavy atom. The normalized spacial score (nSPS) is 22.6. The minimum absolute atomic E-state index is 0. The topological polar surface area (TPSA) is 212 Å². The highest BCUT2D eigenvalue weighted by atomic mass is 35.5. The molecule has 70 heavy (non-hydrogen) atoms. The molecule has 0 saturated heterocycles. The lowest BCUT2D eigenvalue weighted by Gasteiger charge is -2.27. The molecule has 0 radical (unpaired) electrons. The van der Waals surface area contributed by atoms with Gasteiger partial charge in [-0.3, -0.25) is 17.9 Å². The quantitative estimate of drug-likeness (QED) is 0.0468. The van der Waals surface area contributed by atoms with Crippen LogP contribution in [0, 0.1) is 0 Å². The number of ether oxygens (including phenoxy) is 2. The van der Waals surface area contributed by atoms with Gasteiger partial charge in [0.2, 0.25) is 0 Å². The van der Waals surface area contributed by atoms with Crippen LogP contribution >= 0.6 is 47.0 Å². The highest BCUT2D eigenvalue weighted by molar-refractivity contribution is 8.07. The van der Waals surface area contributed by atoms with Gasteiger partial charge < -0.3 is 57.8 Å². The van der Waals surface area contributed by atoms with Gasteiger partial charge in [0.15, 0.2) is 0 Å². The number of aliphatic hydroxyl groups excluding tert-OH is 1. The summed E-state index contributed by atoms with van der Waals surface area (Å²) in [4.78, 5) is 18.8. The molecule has 7 rings (SSSR count). The van der Waals surface area contributed by atoms with Crippen molar-refractivity contribution in [2.75, 3.05) is 31.8 Å². The van der Waals surface area contributed by atoms with Gasteiger partial charge in [0.05, 0.1) is 68.5 Å². The highest BCUT2D eigenvalue weighted by Crippen LogP contribution is 2.54. The smallest absolute Gasteiger partial charge is 0.397 e. The summed E-state index contributed by atoms with van der Waals surface area (Å²) >= 11 is 15.1. The summed E-state index contributed by atoms with van der Waals surface area (Å²) in [5, 5.41) is 15.2. The van der Waals surface area contributed by atoms with Crippen molar-refractivity contribution in [2.24, 2.45) is 0 Å². The molecule has 0 aromatic carbocycles. The molecule has 10 atom stereocenters. The second-order valence-electron chi connectivity index (χ2n) is 15.5. The van der Waals surface area contributed by atoms with Crippen LogP contribution in [0.25, 0.3) is 0 Å². The van der Waals surface area contributed by atoms with Crippen LogP contribution in [0.4, 0.5) is 0 Å². The van der Waals surface area contributed by atoms with Crippen LogP contribution in [-0.4, -0.2) is 115 Å². The fourth-order valence-corrected chi connectivity index (χ4v) is 11.5. The third-order valence-corrected chi connectivity index (χ3v) is 14.9. The van der Waals surface area contributed by atoms with E-state index in [1.807, 2.05) is 90.5 Å². The molecule has 400 valence electrons. The van der Waals surface area contributed by atoms with E-state index in [0.717, 1.165) is 54.7 Å². The lowest BCUT2D eigenvalue weighted by atomic mass is 10.2. The molecule has 19 nitrogen and oxygen atoms in total. The van der Waals surface area contributed by atoms with Gasteiger partial charge in [-0.2, -0.15) is 0 Å². The summed E-state index contributed by atoms with van der Waals surface area (Å²) in [6.07, 6.45) is 22.9. The Bertz CT molecular complexity index is 1930. The molecule has 5 N–H and O–H groups in total. The van der Waals surface area contributed by atoms with E-state index >= 15 is 0 Å². The summed E-state index contributed by atoms with van der Waals surface area (Å²) in [5.74, 6) is 4.35. The molecule has 0 spiro atoms. The average molecular weight is 1100 g/mol. The Morgan fingerprint density at radius 3 is 2.11 bits per heavy atom. The maximum Gasteiger partial charge on any atom is 0.397 e. The van der Waals surface area contributed by atoms with Crippen LogP contribution in [0.2, 0.25) is 0 Å². The largest absolute Gasteiger partial charge is 0.429 e. The minimum atomic E-state index is -2.88. The molecule has 0 amide bonds. The van der Waals surface area contributed by atoms with E-state index in [9.17, 15) is 0 Å². The standard InChI is InChI=1S/C15H25N2O4PS.C14H23N2O4P.C8H13N2O2P.C6H12N2O.CH2Cl2.CH4/c1-5-13-14(9-11(3)19-13)21-22(23,18-6-2)20-12(4)10-15-16-7-8-17-15;1-4-12-13(6-9-17-12)20-21(18-5-2)19-11(3)10-14-15-7-8-16-14;1-3-11-13-10-5-4-9-8(10)6-7(2)12-13;1-5(9)4-6-7-2-3-8-6;2-1-3;/h7-9,11-13H,5-6,10H2,1-4H3,(H,16,17);6-8,11-12H,4-5,9-10H2,1-3H3,(H,15,16);4-5,7H,3,6H2,1-2H3;2-3,5-9H,4H2,1H3;1H2;1H4. The summed E-state index contributed by atoms with van der Waals surface area (Å²) < 4.78 is 59.4. The van der Waals surface area contributed by atoms with Crippen molar-refractivity contribution in [3.05, 3.63) is 90.7 Å². The molecule has 0 aliphatic carbocycles. The van der Waals surface area contributed by atoms with Gasteiger partial charge in [-0.25, -0.2) is 15.0 Å². The molecular weight excluding hydrogens is 1020 g/mol. The van der Waals surface area contributed by atoms with Crippen LogP contribution in [0.5, 0.6) is 0 Å². The summed E-state index contributed by atoms with van der Waals surface area (Å²) in [6.45, 7) is 19.0. The van der Waals surface area contributed by atoms with Crippen molar-refractivity contribution in [3.8, 4) is 0 Å². The fourth-order valence-electron chi connectivity index (χ4n) is 6.59. The van der Waals surface area contributed by atoms with Crippen molar-refractivity contribution in [1.29, 1.82) is 0 Å². The Balaban J connectivity index is 0.000000327. The van der Waals surface area contributed by atoms with E-state index in [4.69, 9.17) is 85.8 Å². The Labute approximate surface area is 434 Å². The Morgan fingerprint density at radius 2 is 1.56 bits per heavy atom. The molecule has 3 aromatic rings. The number of rotatable bonds is 22. The molecule has 0 saturated carbocycles. The van der Waals surface area contributed by atoms with Gasteiger partial charge in [-0.05, 0) is 80.4 Å². The number of hydrogen-bond donors (Lipinski definition) is 5. The molecule has 3 aromatic heterocycles. The number of hydrogen-bond acceptors (Lipinski definition) is 17. The van der Waals surface area contributed by atoms with Crippen LogP contribution in [0.1, 0.15) is 113 Å². The van der Waals surface area contributed by atoms with E-state index in [1.165, 1.54) is 0 Å². The molecule has 0 fully saturated rings. The lowest BCUT2D eigenvalue weighted by molar-refractivity contribution is 0.0444. The van der Waals surface area contributed by atoms with Crippen LogP contribution < -0.4 is 10.6 Å². The third kappa shape index (κ3) is 24.2. The molecule has 4 aliphatic rings. The zero-order chi connectivity index (χ0) is 50.6. The number of H-pyrrole nitrogens is 2. The number of aliphatic hydroxyl groups is 1. The van der Waals surface area contributed by atoms with E-state index in [2.05, 4.69) is 42.5 Å². The molecule has 0 bridgehead atoms. The fraction of sp³-hybridized carbons (Fsp3) is 0.667. The van der Waals surface area contributed by atoms with E-state index in [0.29, 0.717) is 39.3 Å². The number of aromatic amines is 2. The van der Waals surface area contributed by atoms with Gasteiger partial charge in [-0.15, -0.1) is 23.2 Å². The van der Waals surface area contributed by atoms with Crippen molar-refractivity contribution in [2.45, 2.75) is 164 Å². The first-order valence-electron chi connectivity index (χ1n) is 23.3. The predicted octanol–water partition coefficient (Wildman–Crippen LogP) is 10.8. The van der Waals surface area contributed by atoms with Crippen LogP contribution in [-0.2, 0) is 76.7 Å². The minimum Gasteiger partial charge on any atom is -0.429 e. The van der Waals surface area contributed by atoms with Gasteiger partial charge in [0.25, 0.3) is 8.53 Å². The lowest BCUT2D eigenvalue weighted by Crippen LogP contribution is -2.33. The van der Waals surface area contributed by atoms with Crippen molar-refractivity contribution in [3.63, 3.8) is 0 Å². The first-order chi connectivity index (χ1) is 33.2. The van der Waals surface area contributed by atoms with Gasteiger partial charge in [-0.1, -0.05) is 21.3 Å². The van der Waals surface area contributed by atoms with Crippen molar-refractivity contribution in [1.82, 2.24) is 39.9 Å². The summed E-state index contributed by atoms with van der Waals surface area (Å²) in [6, 6.07) is 0. The number of alkyl halides is 2. The highest BCUT2D eigenvalue weighted by Gasteiger charge is 2.33. The number of aromatic nitrogens is 6. The maximum absolute atomic E-state index is 8.91. The molecule has 10 unspecified atom stereocenters. The van der Waals surface area contributed by atoms with Gasteiger partial charge in [0, 0.05) is 87.1 Å². The number of nitrogens with one attached hydrogen (secondary N) is 4. The van der Waals surface area contributed by atoms with E-state index in [-0.39, 0.29) is 61.7 Å². The molecular formula is C45H79Cl2N8O11P3S. The first-order valence-corrected chi connectivity index (χ1v) is 29.2. The monoisotopic (exact) mass is 1100 g/mol. The number of halogens is 2. The van der Waals surface area contributed by atoms with E-state index in [1.54, 1.807) is 37.9 Å². The van der Waals surface area contributed by atoms with Gasteiger partial charge >= 0.3 is 15.3 Å². The summed E-state index contributed by atoms with van der Waals surface area (Å²) in [7, 11) is -2.35. The van der Waals surface area contributed by atoms with E-state index < -0.39 is 23.8 Å². The molecule has 4 aliphatic heterocycles. The predicted molar refractivity (Wildman–Crippen MR) is 282 cm³/mol. The Kier molecular flexibility index (Phi) is 32.7. The van der Waals surface area contributed by atoms with Crippen LogP contribution in [0.3, 0.4) is 0 Å². The maximum atomic E-state index is 8.91. The second-order valence-corrected chi connectivity index (χ2v) is 21.7. The first kappa shape index (κ1) is 63.9. The van der Waals surface area contributed by atoms with Gasteiger partial charge in [0.1, 0.15) is 41.2 Å². The number of fused-ring (bicyclic) bond motifs is 1. The van der Waals surface area contributed by atoms with Crippen LogP contribution in [0.15, 0.2) is 73.3 Å². The number of imidazole rings is 3. The zero-order valence-corrected chi connectivity index (χ0v) is 46.5. The number of nitrogens with zero attached hydrogens (tertiary/aromatic N) is 4. The second kappa shape index (κ2) is 35.8. The molecule has 7 heterocycles.